The Morgan fingerprint density at radius 3 is 2.06 bits per heavy atom. The smallest absolute Gasteiger partial charge is 0.338 e. The summed E-state index contributed by atoms with van der Waals surface area (Å²) in [6.45, 7) is 8.90. The van der Waals surface area contributed by atoms with Crippen molar-refractivity contribution in [2.75, 3.05) is 13.2 Å². The van der Waals surface area contributed by atoms with E-state index in [-0.39, 0.29) is 38.0 Å². The van der Waals surface area contributed by atoms with Crippen LogP contribution in [0.1, 0.15) is 99.5 Å². The van der Waals surface area contributed by atoms with Gasteiger partial charge in [-0.3, -0.25) is 14.4 Å². The molecular weight excluding hydrogens is 867 g/mol. The number of carbonyl (C=O) groups excluding carboxylic acids is 6. The highest BCUT2D eigenvalue weighted by molar-refractivity contribution is 5.95. The van der Waals surface area contributed by atoms with Crippen molar-refractivity contribution in [1.29, 1.82) is 0 Å². The highest BCUT2D eigenvalue weighted by Crippen LogP contribution is 2.64. The van der Waals surface area contributed by atoms with Crippen molar-refractivity contribution in [3.05, 3.63) is 119 Å². The molecule has 1 aliphatic heterocycles. The average Bonchev–Trinajstić information content (AvgIpc) is 3.29. The van der Waals surface area contributed by atoms with Gasteiger partial charge in [-0.2, -0.15) is 0 Å². The van der Waals surface area contributed by atoms with E-state index in [0.29, 0.717) is 23.0 Å². The van der Waals surface area contributed by atoms with E-state index in [9.17, 15) is 34.2 Å². The molecule has 358 valence electrons. The van der Waals surface area contributed by atoms with E-state index in [1.54, 1.807) is 118 Å². The zero-order valence-corrected chi connectivity index (χ0v) is 38.5. The summed E-state index contributed by atoms with van der Waals surface area (Å²) in [5.41, 5.74) is -5.42. The van der Waals surface area contributed by atoms with Gasteiger partial charge in [0.2, 0.25) is 0 Å². The van der Waals surface area contributed by atoms with Gasteiger partial charge >= 0.3 is 23.9 Å². The molecule has 1 saturated heterocycles. The lowest BCUT2D eigenvalue weighted by Gasteiger charge is -2.68. The van der Waals surface area contributed by atoms with Gasteiger partial charge in [0.15, 0.2) is 18.0 Å². The minimum atomic E-state index is -2.25. The number of nitrogens with one attached hydrogen (secondary N) is 1. The van der Waals surface area contributed by atoms with Gasteiger partial charge < -0.3 is 53.5 Å². The van der Waals surface area contributed by atoms with Crippen molar-refractivity contribution in [1.82, 2.24) is 5.32 Å². The lowest BCUT2D eigenvalue weighted by molar-refractivity contribution is -0.353. The van der Waals surface area contributed by atoms with Crippen LogP contribution in [0, 0.1) is 16.7 Å². The molecule has 4 aliphatic rings. The molecule has 2 saturated carbocycles. The topological polar surface area (TPSA) is 220 Å². The predicted molar refractivity (Wildman–Crippen MR) is 238 cm³/mol. The SMILES string of the molecule is CC(=O)OC1C[C@@]2(C)[C@H]([C@H](OC(=O)c3ccccc3)[C@@]3(O)CC(OC(=O)[C@H](OC(C)OCCC=O)C(NC(=O)c4ccccc4)c4ccccc4)C=C1C3(C)C)C1(OC(C)=O)CO[C@@H]1C[C@@H]2O. The van der Waals surface area contributed by atoms with Crippen LogP contribution in [0.15, 0.2) is 103 Å². The second-order valence-corrected chi connectivity index (χ2v) is 18.6. The molecule has 3 aromatic rings. The zero-order chi connectivity index (χ0) is 48.3. The molecule has 67 heavy (non-hydrogen) atoms. The molecule has 3 aliphatic carbocycles. The van der Waals surface area contributed by atoms with Gasteiger partial charge in [-0.25, -0.2) is 9.59 Å². The summed E-state index contributed by atoms with van der Waals surface area (Å²) in [5, 5.41) is 28.9. The van der Waals surface area contributed by atoms with Crippen molar-refractivity contribution in [2.45, 2.75) is 127 Å². The maximum atomic E-state index is 15.1. The van der Waals surface area contributed by atoms with E-state index in [2.05, 4.69) is 5.32 Å². The van der Waals surface area contributed by atoms with Gasteiger partial charge in [0.05, 0.1) is 36.8 Å². The summed E-state index contributed by atoms with van der Waals surface area (Å²) < 4.78 is 43.2. The number of hydrogen-bond donors (Lipinski definition) is 3. The number of aliphatic hydroxyl groups excluding tert-OH is 1. The Morgan fingerprint density at radius 1 is 0.851 bits per heavy atom. The second kappa shape index (κ2) is 19.8. The maximum absolute atomic E-state index is 15.1. The number of aldehydes is 1. The van der Waals surface area contributed by atoms with Crippen molar-refractivity contribution < 1.29 is 72.1 Å². The highest BCUT2D eigenvalue weighted by atomic mass is 16.7. The van der Waals surface area contributed by atoms with E-state index < -0.39 is 113 Å². The Bertz CT molecular complexity index is 2320. The van der Waals surface area contributed by atoms with Gasteiger partial charge in [-0.15, -0.1) is 0 Å². The first-order chi connectivity index (χ1) is 31.8. The third-order valence-corrected chi connectivity index (χ3v) is 14.0. The van der Waals surface area contributed by atoms with Crippen LogP contribution < -0.4 is 5.32 Å². The summed E-state index contributed by atoms with van der Waals surface area (Å²) in [5.74, 6) is -4.92. The standard InChI is InChI=1S/C51H59NO15/c1-30(54)63-38-28-49(6)39(56)26-40-50(29-62-40,67-31(2)55)43(49)44(66-46(58)35-21-14-9-15-22-35)51(60)27-36(25-37(38)48(51,4)5)65-47(59)42(64-32(3)61-24-16-23-53)41(33-17-10-7-11-18-33)52-45(57)34-19-12-8-13-20-34/h7-15,17-23,25,32,36,38-44,56,60H,16,24,26-29H2,1-6H3,(H,52,57)/t32?,36?,38?,39-,40+,41?,42+,43-,44-,49+,50?,51-/m0/s1. The summed E-state index contributed by atoms with van der Waals surface area (Å²) >= 11 is 0. The van der Waals surface area contributed by atoms with E-state index in [1.807, 2.05) is 0 Å². The lowest BCUT2D eigenvalue weighted by Crippen LogP contribution is -2.80. The number of hydrogen-bond acceptors (Lipinski definition) is 15. The molecule has 5 unspecified atom stereocenters. The third-order valence-electron chi connectivity index (χ3n) is 14.0. The molecule has 3 aromatic carbocycles. The monoisotopic (exact) mass is 925 g/mol. The lowest BCUT2D eigenvalue weighted by atomic mass is 9.45. The largest absolute Gasteiger partial charge is 0.458 e. The Morgan fingerprint density at radius 2 is 1.48 bits per heavy atom. The van der Waals surface area contributed by atoms with Gasteiger partial charge in [0, 0.05) is 49.5 Å². The van der Waals surface area contributed by atoms with Gasteiger partial charge in [0.1, 0.15) is 36.3 Å². The predicted octanol–water partition coefficient (Wildman–Crippen LogP) is 5.14. The number of esters is 4. The molecule has 3 fully saturated rings. The summed E-state index contributed by atoms with van der Waals surface area (Å²) in [6, 6.07) is 23.9. The third kappa shape index (κ3) is 9.68. The minimum Gasteiger partial charge on any atom is -0.458 e. The number of rotatable bonds is 16. The molecule has 1 amide bonds. The number of benzene rings is 3. The Labute approximate surface area is 389 Å². The van der Waals surface area contributed by atoms with E-state index in [1.165, 1.54) is 20.8 Å². The van der Waals surface area contributed by atoms with Gasteiger partial charge in [-0.1, -0.05) is 87.5 Å². The normalized spacial score (nSPS) is 30.6. The minimum absolute atomic E-state index is 0.00952. The Balaban J connectivity index is 1.37. The van der Waals surface area contributed by atoms with Crippen LogP contribution in [-0.4, -0.2) is 114 Å². The first-order valence-electron chi connectivity index (χ1n) is 22.5. The fourth-order valence-electron chi connectivity index (χ4n) is 10.6. The first-order valence-corrected chi connectivity index (χ1v) is 22.5. The van der Waals surface area contributed by atoms with Crippen molar-refractivity contribution in [2.24, 2.45) is 16.7 Å². The van der Waals surface area contributed by atoms with Crippen molar-refractivity contribution >= 4 is 36.1 Å². The molecule has 0 spiro atoms. The number of ether oxygens (including phenoxy) is 7. The van der Waals surface area contributed by atoms with E-state index in [0.717, 1.165) is 0 Å². The summed E-state index contributed by atoms with van der Waals surface area (Å²) in [7, 11) is 0. The number of aliphatic hydroxyl groups is 2. The number of carbonyl (C=O) groups is 6. The van der Waals surface area contributed by atoms with Crippen molar-refractivity contribution in [3.8, 4) is 0 Å². The number of amides is 1. The fourth-order valence-corrected chi connectivity index (χ4v) is 10.6. The summed E-state index contributed by atoms with van der Waals surface area (Å²) in [4.78, 5) is 80.6. The van der Waals surface area contributed by atoms with Gasteiger partial charge in [0.25, 0.3) is 5.91 Å². The highest BCUT2D eigenvalue weighted by Gasteiger charge is 2.76. The van der Waals surface area contributed by atoms with E-state index >= 15 is 4.79 Å². The molecule has 2 bridgehead atoms. The van der Waals surface area contributed by atoms with Crippen LogP contribution in [0.4, 0.5) is 0 Å². The molecular formula is C51H59NO15. The maximum Gasteiger partial charge on any atom is 0.338 e. The van der Waals surface area contributed by atoms with Crippen LogP contribution >= 0.6 is 0 Å². The summed E-state index contributed by atoms with van der Waals surface area (Å²) in [6.07, 6.45) is -7.18. The molecule has 12 atom stereocenters. The number of fused-ring (bicyclic) bond motifs is 5. The Kier molecular flexibility index (Phi) is 14.5. The molecule has 0 aromatic heterocycles. The molecule has 16 nitrogen and oxygen atoms in total. The van der Waals surface area contributed by atoms with Crippen molar-refractivity contribution in [3.63, 3.8) is 0 Å². The molecule has 3 N–H and O–H groups in total. The Hall–Kier alpha value is -5.78. The molecule has 0 radical (unpaired) electrons. The van der Waals surface area contributed by atoms with E-state index in [4.69, 9.17) is 33.2 Å². The first kappa shape index (κ1) is 49.1. The second-order valence-electron chi connectivity index (χ2n) is 18.6. The van der Waals surface area contributed by atoms with Crippen LogP contribution in [0.2, 0.25) is 0 Å². The van der Waals surface area contributed by atoms with Crippen LogP contribution in [0.3, 0.4) is 0 Å². The molecule has 7 rings (SSSR count). The molecule has 1 heterocycles. The fraction of sp³-hybridized carbons (Fsp3) is 0.490. The van der Waals surface area contributed by atoms with Crippen LogP contribution in [-0.2, 0) is 52.3 Å². The van der Waals surface area contributed by atoms with Crippen LogP contribution in [0.5, 0.6) is 0 Å². The average molecular weight is 926 g/mol. The quantitative estimate of drug-likeness (QED) is 0.0423. The molecule has 16 heteroatoms. The zero-order valence-electron chi connectivity index (χ0n) is 38.5. The van der Waals surface area contributed by atoms with Gasteiger partial charge in [-0.05, 0) is 54.8 Å². The van der Waals surface area contributed by atoms with Crippen LogP contribution in [0.25, 0.3) is 0 Å².